The molecule has 7 nitrogen and oxygen atoms in total. The molecule has 3 atom stereocenters. The van der Waals surface area contributed by atoms with Crippen LogP contribution in [0.3, 0.4) is 0 Å². The molecule has 2 heterocycles. The maximum atomic E-state index is 13.8. The Labute approximate surface area is 174 Å². The third-order valence-electron chi connectivity index (χ3n) is 5.47. The van der Waals surface area contributed by atoms with Crippen LogP contribution in [0.15, 0.2) is 36.4 Å². The predicted molar refractivity (Wildman–Crippen MR) is 101 cm³/mol. The third kappa shape index (κ3) is 4.05. The number of carbonyl (C=O) groups excluding carboxylic acids is 3. The van der Waals surface area contributed by atoms with Crippen LogP contribution < -0.4 is 10.6 Å². The van der Waals surface area contributed by atoms with Gasteiger partial charge in [0.2, 0.25) is 11.8 Å². The quantitative estimate of drug-likeness (QED) is 0.632. The molecule has 0 aliphatic carbocycles. The summed E-state index contributed by atoms with van der Waals surface area (Å²) in [5.74, 6) is -5.56. The molecule has 2 aromatic carbocycles. The number of halogens is 3. The molecule has 31 heavy (non-hydrogen) atoms. The summed E-state index contributed by atoms with van der Waals surface area (Å²) in [6.07, 6.45) is 0.339. The highest BCUT2D eigenvalue weighted by atomic mass is 19.2. The molecule has 10 heteroatoms. The number of piperazine rings is 1. The Morgan fingerprint density at radius 2 is 1.77 bits per heavy atom. The molecule has 2 aliphatic heterocycles. The molecule has 2 fully saturated rings. The van der Waals surface area contributed by atoms with Crippen LogP contribution in [0.25, 0.3) is 0 Å². The number of hydrogen-bond donors (Lipinski definition) is 3. The smallest absolute Gasteiger partial charge is 0.254 e. The molecule has 3 amide bonds. The second kappa shape index (κ2) is 7.93. The van der Waals surface area contributed by atoms with Crippen LogP contribution in [0.5, 0.6) is 5.75 Å². The van der Waals surface area contributed by atoms with E-state index in [9.17, 15) is 32.7 Å². The number of phenols is 1. The molecule has 0 radical (unpaired) electrons. The number of phenolic OH excluding ortho intramolecular Hbond substituents is 1. The highest BCUT2D eigenvalue weighted by molar-refractivity contribution is 5.98. The first-order valence-electron chi connectivity index (χ1n) is 9.57. The van der Waals surface area contributed by atoms with Crippen LogP contribution in [-0.2, 0) is 16.0 Å². The normalized spacial score (nSPS) is 22.8. The first-order valence-corrected chi connectivity index (χ1v) is 9.57. The third-order valence-corrected chi connectivity index (χ3v) is 5.47. The van der Waals surface area contributed by atoms with Crippen LogP contribution in [0, 0.1) is 17.5 Å². The number of aromatic hydroxyl groups is 1. The van der Waals surface area contributed by atoms with Gasteiger partial charge in [-0.3, -0.25) is 14.4 Å². The Balaban J connectivity index is 1.44. The molecule has 3 N–H and O–H groups in total. The summed E-state index contributed by atoms with van der Waals surface area (Å²) in [5.41, 5.74) is 0.0810. The average molecular weight is 433 g/mol. The van der Waals surface area contributed by atoms with E-state index in [4.69, 9.17) is 0 Å². The van der Waals surface area contributed by atoms with Gasteiger partial charge in [-0.2, -0.15) is 0 Å². The van der Waals surface area contributed by atoms with Crippen LogP contribution in [0.1, 0.15) is 22.3 Å². The first-order chi connectivity index (χ1) is 14.7. The van der Waals surface area contributed by atoms with Crippen LogP contribution in [0.4, 0.5) is 13.2 Å². The number of nitrogens with one attached hydrogen (secondary N) is 2. The zero-order chi connectivity index (χ0) is 22.3. The second-order valence-corrected chi connectivity index (χ2v) is 7.59. The van der Waals surface area contributed by atoms with Crippen LogP contribution in [-0.4, -0.2) is 52.4 Å². The summed E-state index contributed by atoms with van der Waals surface area (Å²) in [6, 6.07) is 4.75. The Morgan fingerprint density at radius 1 is 1.10 bits per heavy atom. The molecule has 2 saturated heterocycles. The second-order valence-electron chi connectivity index (χ2n) is 7.59. The lowest BCUT2D eigenvalue weighted by molar-refractivity contribution is -0.147. The van der Waals surface area contributed by atoms with Gasteiger partial charge < -0.3 is 20.6 Å². The van der Waals surface area contributed by atoms with Crippen molar-refractivity contribution in [2.24, 2.45) is 0 Å². The zero-order valence-electron chi connectivity index (χ0n) is 16.1. The van der Waals surface area contributed by atoms with Gasteiger partial charge in [-0.15, -0.1) is 0 Å². The lowest BCUT2D eigenvalue weighted by Gasteiger charge is -2.34. The van der Waals surface area contributed by atoms with Crippen molar-refractivity contribution in [1.29, 1.82) is 0 Å². The molecule has 0 bridgehead atoms. The fraction of sp³-hybridized carbons (Fsp3) is 0.286. The van der Waals surface area contributed by atoms with Crippen LogP contribution >= 0.6 is 0 Å². The first kappa shape index (κ1) is 20.7. The Hall–Kier alpha value is -3.56. The molecule has 2 aromatic rings. The van der Waals surface area contributed by atoms with Gasteiger partial charge in [-0.25, -0.2) is 13.2 Å². The van der Waals surface area contributed by atoms with Crippen molar-refractivity contribution in [1.82, 2.24) is 15.5 Å². The minimum absolute atomic E-state index is 0.0278. The Bertz CT molecular complexity index is 1060. The van der Waals surface area contributed by atoms with E-state index in [1.165, 1.54) is 17.0 Å². The van der Waals surface area contributed by atoms with E-state index in [2.05, 4.69) is 10.6 Å². The van der Waals surface area contributed by atoms with Crippen molar-refractivity contribution in [2.45, 2.75) is 31.0 Å². The molecule has 0 saturated carbocycles. The lowest BCUT2D eigenvalue weighted by Crippen LogP contribution is -2.61. The number of carbonyl (C=O) groups is 3. The average Bonchev–Trinajstić information content (AvgIpc) is 3.15. The standard InChI is InChI=1S/C21H18F3N3O4/c22-14-8-16(24)15(23)7-13(14)19(29)25-11-6-18-20(30)26-17(21(31)27(18)9-11)5-10-1-3-12(28)4-2-10/h1-4,7-8,11,17-18,28H,5-6,9H2,(H,25,29)(H,26,30)/t11-,17+,18-/m0/s1. The number of fused-ring (bicyclic) bond motifs is 1. The minimum atomic E-state index is -1.41. The van der Waals surface area contributed by atoms with E-state index < -0.39 is 47.0 Å². The molecule has 0 aromatic heterocycles. The van der Waals surface area contributed by atoms with E-state index in [0.29, 0.717) is 6.07 Å². The number of nitrogens with zero attached hydrogens (tertiary/aromatic N) is 1. The highest BCUT2D eigenvalue weighted by Crippen LogP contribution is 2.25. The summed E-state index contributed by atoms with van der Waals surface area (Å²) in [7, 11) is 0. The van der Waals surface area contributed by atoms with Gasteiger partial charge in [-0.05, 0) is 30.2 Å². The fourth-order valence-electron chi connectivity index (χ4n) is 3.93. The molecule has 162 valence electrons. The van der Waals surface area contributed by atoms with Crippen molar-refractivity contribution in [3.05, 3.63) is 65.0 Å². The Morgan fingerprint density at radius 3 is 2.48 bits per heavy atom. The summed E-state index contributed by atoms with van der Waals surface area (Å²) in [6.45, 7) is 0.0278. The highest BCUT2D eigenvalue weighted by Gasteiger charge is 2.46. The van der Waals surface area contributed by atoms with E-state index >= 15 is 0 Å². The van der Waals surface area contributed by atoms with E-state index in [1.807, 2.05) is 0 Å². The molecule has 0 spiro atoms. The number of rotatable bonds is 4. The SMILES string of the molecule is O=C(N[C@H]1C[C@H]2C(=O)N[C@H](Cc3ccc(O)cc3)C(=O)N2C1)c1cc(F)c(F)cc1F. The van der Waals surface area contributed by atoms with Crippen LogP contribution in [0.2, 0.25) is 0 Å². The van der Waals surface area contributed by atoms with Crippen molar-refractivity contribution < 1.29 is 32.7 Å². The van der Waals surface area contributed by atoms with Gasteiger partial charge in [0.05, 0.1) is 5.56 Å². The predicted octanol–water partition coefficient (Wildman–Crippen LogP) is 1.25. The van der Waals surface area contributed by atoms with Crippen molar-refractivity contribution in [3.63, 3.8) is 0 Å². The lowest BCUT2D eigenvalue weighted by atomic mass is 10.0. The zero-order valence-corrected chi connectivity index (χ0v) is 16.1. The Kier molecular flexibility index (Phi) is 5.30. The van der Waals surface area contributed by atoms with Crippen molar-refractivity contribution in [3.8, 4) is 5.75 Å². The van der Waals surface area contributed by atoms with E-state index in [0.717, 1.165) is 5.56 Å². The van der Waals surface area contributed by atoms with Gasteiger partial charge in [0, 0.05) is 25.1 Å². The number of benzene rings is 2. The largest absolute Gasteiger partial charge is 0.508 e. The van der Waals surface area contributed by atoms with Gasteiger partial charge in [0.15, 0.2) is 11.6 Å². The topological polar surface area (TPSA) is 98.7 Å². The summed E-state index contributed by atoms with van der Waals surface area (Å²) in [4.78, 5) is 39.0. The maximum Gasteiger partial charge on any atom is 0.254 e. The van der Waals surface area contributed by atoms with Gasteiger partial charge >= 0.3 is 0 Å². The summed E-state index contributed by atoms with van der Waals surface area (Å²) < 4.78 is 40.3. The van der Waals surface area contributed by atoms with Crippen molar-refractivity contribution >= 4 is 17.7 Å². The van der Waals surface area contributed by atoms with Gasteiger partial charge in [0.1, 0.15) is 23.7 Å². The number of hydrogen-bond acceptors (Lipinski definition) is 4. The van der Waals surface area contributed by atoms with Crippen molar-refractivity contribution in [2.75, 3.05) is 6.54 Å². The van der Waals surface area contributed by atoms with E-state index in [-0.39, 0.29) is 43.0 Å². The minimum Gasteiger partial charge on any atom is -0.508 e. The summed E-state index contributed by atoms with van der Waals surface area (Å²) >= 11 is 0. The summed E-state index contributed by atoms with van der Waals surface area (Å²) in [5, 5.41) is 14.5. The molecular weight excluding hydrogens is 415 g/mol. The molecule has 2 aliphatic rings. The van der Waals surface area contributed by atoms with Gasteiger partial charge in [0.25, 0.3) is 5.91 Å². The monoisotopic (exact) mass is 433 g/mol. The maximum absolute atomic E-state index is 13.8. The number of amides is 3. The molecule has 0 unspecified atom stereocenters. The van der Waals surface area contributed by atoms with E-state index in [1.54, 1.807) is 12.1 Å². The fourth-order valence-corrected chi connectivity index (χ4v) is 3.93. The molecular formula is C21H18F3N3O4. The molecule has 4 rings (SSSR count). The van der Waals surface area contributed by atoms with Gasteiger partial charge in [-0.1, -0.05) is 12.1 Å².